The molecule has 0 aliphatic carbocycles. The topological polar surface area (TPSA) is 93.9 Å². The van der Waals surface area contributed by atoms with Crippen LogP contribution in [0.15, 0.2) is 28.8 Å². The minimum atomic E-state index is -0.124. The molecule has 0 atom stereocenters. The van der Waals surface area contributed by atoms with E-state index in [2.05, 4.69) is 10.5 Å². The van der Waals surface area contributed by atoms with Gasteiger partial charge in [-0.1, -0.05) is 11.2 Å². The summed E-state index contributed by atoms with van der Waals surface area (Å²) in [6, 6.07) is 7.46. The van der Waals surface area contributed by atoms with E-state index in [0.717, 1.165) is 18.4 Å². The van der Waals surface area contributed by atoms with Gasteiger partial charge in [-0.2, -0.15) is 0 Å². The number of hydrogen-bond acceptors (Lipinski definition) is 6. The van der Waals surface area contributed by atoms with Crippen molar-refractivity contribution in [2.75, 3.05) is 26.8 Å². The highest BCUT2D eigenvalue weighted by Gasteiger charge is 2.26. The lowest BCUT2D eigenvalue weighted by Crippen LogP contribution is -2.46. The maximum absolute atomic E-state index is 12.4. The molecule has 1 saturated heterocycles. The molecule has 0 bridgehead atoms. The van der Waals surface area contributed by atoms with Crippen LogP contribution in [0.1, 0.15) is 48.0 Å². The molecule has 8 heteroatoms. The number of aromatic nitrogens is 1. The Morgan fingerprint density at radius 1 is 1.23 bits per heavy atom. The number of carbonyl (C=O) groups is 2. The molecule has 162 valence electrons. The molecule has 1 aliphatic rings. The van der Waals surface area contributed by atoms with Crippen molar-refractivity contribution in [2.24, 2.45) is 0 Å². The summed E-state index contributed by atoms with van der Waals surface area (Å²) < 4.78 is 15.9. The van der Waals surface area contributed by atoms with Crippen molar-refractivity contribution in [2.45, 2.75) is 45.6 Å². The molecule has 3 rings (SSSR count). The number of methoxy groups -OCH3 is 1. The first-order valence-electron chi connectivity index (χ1n) is 10.3. The predicted octanol–water partition coefficient (Wildman–Crippen LogP) is 2.74. The summed E-state index contributed by atoms with van der Waals surface area (Å²) in [6.07, 6.45) is 2.47. The molecule has 2 heterocycles. The van der Waals surface area contributed by atoms with Gasteiger partial charge in [0.15, 0.2) is 17.2 Å². The van der Waals surface area contributed by atoms with Crippen molar-refractivity contribution in [1.82, 2.24) is 15.4 Å². The molecule has 1 aliphatic heterocycles. The second kappa shape index (κ2) is 10.1. The van der Waals surface area contributed by atoms with Crippen molar-refractivity contribution < 1.29 is 23.6 Å². The molecule has 8 nitrogen and oxygen atoms in total. The lowest BCUT2D eigenvalue weighted by atomic mass is 10.0. The number of carbonyl (C=O) groups excluding carboxylic acids is 2. The van der Waals surface area contributed by atoms with Crippen LogP contribution in [0.3, 0.4) is 0 Å². The average molecular weight is 415 g/mol. The van der Waals surface area contributed by atoms with Crippen molar-refractivity contribution >= 4 is 11.8 Å². The number of nitrogens with one attached hydrogen (secondary N) is 1. The Kier molecular flexibility index (Phi) is 7.32. The molecule has 1 aromatic carbocycles. The molecular formula is C22H29N3O5. The molecule has 2 amide bonds. The van der Waals surface area contributed by atoms with Crippen molar-refractivity contribution in [3.63, 3.8) is 0 Å². The fraction of sp³-hybridized carbons (Fsp3) is 0.500. The van der Waals surface area contributed by atoms with E-state index in [1.165, 1.54) is 0 Å². The Balaban J connectivity index is 1.43. The van der Waals surface area contributed by atoms with Gasteiger partial charge in [-0.3, -0.25) is 9.59 Å². The van der Waals surface area contributed by atoms with Gasteiger partial charge in [0.2, 0.25) is 5.91 Å². The number of ether oxygens (including phenoxy) is 2. The van der Waals surface area contributed by atoms with Crippen LogP contribution in [0.2, 0.25) is 0 Å². The van der Waals surface area contributed by atoms with Crippen molar-refractivity contribution in [3.8, 4) is 11.5 Å². The Morgan fingerprint density at radius 3 is 2.63 bits per heavy atom. The van der Waals surface area contributed by atoms with Crippen LogP contribution >= 0.6 is 0 Å². The van der Waals surface area contributed by atoms with Gasteiger partial charge in [0.1, 0.15) is 5.76 Å². The SMILES string of the molecule is CCOc1ccc(CCC(=O)NC2CCN(C(=O)c3cc(C)on3)CC2)cc1OC. The van der Waals surface area contributed by atoms with E-state index in [-0.39, 0.29) is 17.9 Å². The molecule has 1 fully saturated rings. The highest BCUT2D eigenvalue weighted by atomic mass is 16.5. The fourth-order valence-electron chi connectivity index (χ4n) is 3.56. The minimum absolute atomic E-state index is 0.0137. The third kappa shape index (κ3) is 5.52. The monoisotopic (exact) mass is 415 g/mol. The summed E-state index contributed by atoms with van der Waals surface area (Å²) in [5.74, 6) is 1.89. The second-order valence-corrected chi connectivity index (χ2v) is 7.38. The number of rotatable bonds is 8. The smallest absolute Gasteiger partial charge is 0.276 e. The fourth-order valence-corrected chi connectivity index (χ4v) is 3.56. The Hall–Kier alpha value is -3.03. The number of piperidine rings is 1. The Morgan fingerprint density at radius 2 is 2.00 bits per heavy atom. The maximum atomic E-state index is 12.4. The molecule has 0 saturated carbocycles. The molecule has 30 heavy (non-hydrogen) atoms. The van der Waals surface area contributed by atoms with E-state index in [1.807, 2.05) is 25.1 Å². The first-order chi connectivity index (χ1) is 14.5. The Bertz CT molecular complexity index is 871. The minimum Gasteiger partial charge on any atom is -0.493 e. The molecule has 1 N–H and O–H groups in total. The highest BCUT2D eigenvalue weighted by Crippen LogP contribution is 2.28. The first kappa shape index (κ1) is 21.7. The summed E-state index contributed by atoms with van der Waals surface area (Å²) in [4.78, 5) is 26.5. The van der Waals surface area contributed by atoms with E-state index in [1.54, 1.807) is 25.0 Å². The van der Waals surface area contributed by atoms with Gasteiger partial charge in [-0.05, 0) is 50.8 Å². The lowest BCUT2D eigenvalue weighted by molar-refractivity contribution is -0.122. The maximum Gasteiger partial charge on any atom is 0.276 e. The molecule has 1 aromatic heterocycles. The van der Waals surface area contributed by atoms with Crippen LogP contribution in [0.5, 0.6) is 11.5 Å². The predicted molar refractivity (Wildman–Crippen MR) is 111 cm³/mol. The quantitative estimate of drug-likeness (QED) is 0.713. The first-order valence-corrected chi connectivity index (χ1v) is 10.3. The van der Waals surface area contributed by atoms with Crippen LogP contribution in [0.4, 0.5) is 0 Å². The van der Waals surface area contributed by atoms with Crippen molar-refractivity contribution in [3.05, 3.63) is 41.3 Å². The molecule has 0 radical (unpaired) electrons. The van der Waals surface area contributed by atoms with Gasteiger partial charge in [-0.25, -0.2) is 0 Å². The van der Waals surface area contributed by atoms with Crippen LogP contribution in [-0.2, 0) is 11.2 Å². The normalized spacial score (nSPS) is 14.4. The molecule has 0 spiro atoms. The number of likely N-dealkylation sites (tertiary alicyclic amines) is 1. The number of aryl methyl sites for hydroxylation is 2. The summed E-state index contributed by atoms with van der Waals surface area (Å²) in [5, 5.41) is 6.87. The van der Waals surface area contributed by atoms with Crippen LogP contribution in [0, 0.1) is 6.92 Å². The van der Waals surface area contributed by atoms with Gasteiger partial charge in [0.25, 0.3) is 5.91 Å². The van der Waals surface area contributed by atoms with Gasteiger partial charge in [0.05, 0.1) is 13.7 Å². The highest BCUT2D eigenvalue weighted by molar-refractivity contribution is 5.92. The zero-order valence-electron chi connectivity index (χ0n) is 17.8. The molecule has 0 unspecified atom stereocenters. The van der Waals surface area contributed by atoms with Crippen LogP contribution < -0.4 is 14.8 Å². The van der Waals surface area contributed by atoms with E-state index >= 15 is 0 Å². The number of amides is 2. The van der Waals surface area contributed by atoms with Crippen LogP contribution in [0.25, 0.3) is 0 Å². The number of benzene rings is 1. The van der Waals surface area contributed by atoms with Gasteiger partial charge < -0.3 is 24.2 Å². The third-order valence-corrected chi connectivity index (χ3v) is 5.16. The zero-order chi connectivity index (χ0) is 21.5. The standard InChI is InChI=1S/C22H29N3O5/c1-4-29-19-7-5-16(14-20(19)28-3)6-8-21(26)23-17-9-11-25(12-10-17)22(27)18-13-15(2)30-24-18/h5,7,13-14,17H,4,6,8-12H2,1-3H3,(H,23,26). The van der Waals surface area contributed by atoms with E-state index in [0.29, 0.717) is 55.5 Å². The van der Waals surface area contributed by atoms with Gasteiger partial charge in [0, 0.05) is 31.6 Å². The summed E-state index contributed by atoms with van der Waals surface area (Å²) >= 11 is 0. The van der Waals surface area contributed by atoms with E-state index in [4.69, 9.17) is 14.0 Å². The van der Waals surface area contributed by atoms with Gasteiger partial charge in [-0.15, -0.1) is 0 Å². The summed E-state index contributed by atoms with van der Waals surface area (Å²) in [7, 11) is 1.61. The average Bonchev–Trinajstić information content (AvgIpc) is 3.19. The Labute approximate surface area is 176 Å². The summed E-state index contributed by atoms with van der Waals surface area (Å²) in [6.45, 7) is 5.43. The number of hydrogen-bond donors (Lipinski definition) is 1. The van der Waals surface area contributed by atoms with Crippen molar-refractivity contribution in [1.29, 1.82) is 0 Å². The second-order valence-electron chi connectivity index (χ2n) is 7.38. The van der Waals surface area contributed by atoms with Crippen LogP contribution in [-0.4, -0.2) is 54.7 Å². The molecular weight excluding hydrogens is 386 g/mol. The van der Waals surface area contributed by atoms with Gasteiger partial charge >= 0.3 is 0 Å². The van der Waals surface area contributed by atoms with E-state index in [9.17, 15) is 9.59 Å². The van der Waals surface area contributed by atoms with E-state index < -0.39 is 0 Å². The third-order valence-electron chi connectivity index (χ3n) is 5.16. The zero-order valence-corrected chi connectivity index (χ0v) is 17.8. The lowest BCUT2D eigenvalue weighted by Gasteiger charge is -2.31. The largest absolute Gasteiger partial charge is 0.493 e. The number of nitrogens with zero attached hydrogens (tertiary/aromatic N) is 2. The molecule has 2 aromatic rings. The summed E-state index contributed by atoms with van der Waals surface area (Å²) in [5.41, 5.74) is 1.36.